The monoisotopic (exact) mass is 347 g/mol. The van der Waals surface area contributed by atoms with E-state index in [1.54, 1.807) is 12.1 Å². The molecule has 134 valence electrons. The number of benzene rings is 1. The van der Waals surface area contributed by atoms with Crippen LogP contribution in [-0.2, 0) is 9.59 Å². The van der Waals surface area contributed by atoms with Crippen LogP contribution in [0.5, 0.6) is 17.2 Å². The predicted molar refractivity (Wildman–Crippen MR) is 90.1 cm³/mol. The minimum Gasteiger partial charge on any atom is -0.493 e. The number of aliphatic carboxylic acids is 1. The van der Waals surface area contributed by atoms with Crippen molar-refractivity contribution < 1.29 is 28.9 Å². The molecule has 0 heterocycles. The van der Waals surface area contributed by atoms with Crippen LogP contribution in [0.15, 0.2) is 24.3 Å². The van der Waals surface area contributed by atoms with Crippen LogP contribution in [0.1, 0.15) is 6.42 Å². The lowest BCUT2D eigenvalue weighted by Gasteiger charge is -2.24. The normalized spacial score (nSPS) is 26.4. The highest BCUT2D eigenvalue weighted by molar-refractivity contribution is 5.96. The molecule has 25 heavy (non-hydrogen) atoms. The van der Waals surface area contributed by atoms with E-state index in [0.29, 0.717) is 29.4 Å². The van der Waals surface area contributed by atoms with E-state index in [-0.39, 0.29) is 17.7 Å². The lowest BCUT2D eigenvalue weighted by Crippen LogP contribution is -2.36. The van der Waals surface area contributed by atoms with Crippen LogP contribution in [0.3, 0.4) is 0 Å². The summed E-state index contributed by atoms with van der Waals surface area (Å²) in [5, 5.41) is 12.3. The van der Waals surface area contributed by atoms with Gasteiger partial charge in [-0.1, -0.05) is 12.2 Å². The maximum atomic E-state index is 12.8. The molecule has 0 saturated heterocycles. The van der Waals surface area contributed by atoms with Crippen molar-refractivity contribution in [2.24, 2.45) is 23.7 Å². The molecule has 1 aromatic rings. The number of hydrogen-bond donors (Lipinski definition) is 2. The lowest BCUT2D eigenvalue weighted by molar-refractivity contribution is -0.146. The fraction of sp³-hybridized carbons (Fsp3) is 0.444. The predicted octanol–water partition coefficient (Wildman–Crippen LogP) is 2.17. The number of anilines is 1. The third-order valence-electron chi connectivity index (χ3n) is 4.98. The summed E-state index contributed by atoms with van der Waals surface area (Å²) in [6.07, 6.45) is 4.57. The Bertz CT molecular complexity index is 703. The Morgan fingerprint density at radius 2 is 1.56 bits per heavy atom. The number of carbonyl (C=O) groups is 2. The second kappa shape index (κ2) is 6.66. The second-order valence-corrected chi connectivity index (χ2v) is 6.24. The van der Waals surface area contributed by atoms with Crippen molar-refractivity contribution in [3.05, 3.63) is 24.3 Å². The van der Waals surface area contributed by atoms with Crippen molar-refractivity contribution in [1.29, 1.82) is 0 Å². The van der Waals surface area contributed by atoms with Gasteiger partial charge < -0.3 is 24.6 Å². The number of hydrogen-bond acceptors (Lipinski definition) is 5. The van der Waals surface area contributed by atoms with Gasteiger partial charge in [-0.3, -0.25) is 9.59 Å². The number of amides is 1. The largest absolute Gasteiger partial charge is 0.493 e. The standard InChI is InChI=1S/C18H21NO6/c1-23-12-7-11(8-13(24-2)16(12)25-3)19-17(20)14-9-4-5-10(6-9)15(14)18(21)22/h4-5,7-10,14-15H,6H2,1-3H3,(H,19,20)(H,21,22)/t9-,10-,14+,15-/m0/s1. The highest BCUT2D eigenvalue weighted by atomic mass is 16.5. The molecule has 1 fully saturated rings. The number of carboxylic acid groups (broad SMARTS) is 1. The van der Waals surface area contributed by atoms with Gasteiger partial charge in [-0.05, 0) is 18.3 Å². The summed E-state index contributed by atoms with van der Waals surface area (Å²) < 4.78 is 15.8. The number of methoxy groups -OCH3 is 3. The topological polar surface area (TPSA) is 94.1 Å². The van der Waals surface area contributed by atoms with E-state index in [1.165, 1.54) is 21.3 Å². The van der Waals surface area contributed by atoms with E-state index < -0.39 is 17.8 Å². The quantitative estimate of drug-likeness (QED) is 0.766. The molecule has 0 unspecified atom stereocenters. The molecule has 2 aliphatic rings. The van der Waals surface area contributed by atoms with Crippen molar-refractivity contribution in [2.75, 3.05) is 26.6 Å². The maximum Gasteiger partial charge on any atom is 0.307 e. The van der Waals surface area contributed by atoms with Crippen LogP contribution in [0.25, 0.3) is 0 Å². The van der Waals surface area contributed by atoms with Gasteiger partial charge in [-0.15, -0.1) is 0 Å². The first-order valence-corrected chi connectivity index (χ1v) is 8.02. The number of ether oxygens (including phenoxy) is 3. The van der Waals surface area contributed by atoms with Crippen molar-refractivity contribution in [2.45, 2.75) is 6.42 Å². The van der Waals surface area contributed by atoms with Crippen LogP contribution in [-0.4, -0.2) is 38.3 Å². The average Bonchev–Trinajstić information content (AvgIpc) is 3.21. The highest BCUT2D eigenvalue weighted by Gasteiger charge is 2.51. The molecule has 2 bridgehead atoms. The highest BCUT2D eigenvalue weighted by Crippen LogP contribution is 2.48. The molecular weight excluding hydrogens is 326 g/mol. The maximum absolute atomic E-state index is 12.8. The fourth-order valence-corrected chi connectivity index (χ4v) is 3.90. The Labute approximate surface area is 145 Å². The van der Waals surface area contributed by atoms with Gasteiger partial charge in [0.2, 0.25) is 11.7 Å². The number of allylic oxidation sites excluding steroid dienone is 2. The van der Waals surface area contributed by atoms with Gasteiger partial charge in [-0.2, -0.15) is 0 Å². The van der Waals surface area contributed by atoms with Gasteiger partial charge in [0.1, 0.15) is 0 Å². The number of rotatable bonds is 6. The number of nitrogens with one attached hydrogen (secondary N) is 1. The van der Waals surface area contributed by atoms with Crippen LogP contribution >= 0.6 is 0 Å². The van der Waals surface area contributed by atoms with E-state index in [9.17, 15) is 14.7 Å². The van der Waals surface area contributed by atoms with E-state index in [0.717, 1.165) is 0 Å². The summed E-state index contributed by atoms with van der Waals surface area (Å²) in [6, 6.07) is 3.25. The summed E-state index contributed by atoms with van der Waals surface area (Å²) in [5.74, 6) is -1.34. The zero-order valence-corrected chi connectivity index (χ0v) is 14.3. The Kier molecular flexibility index (Phi) is 4.57. The summed E-state index contributed by atoms with van der Waals surface area (Å²) in [5.41, 5.74) is 0.468. The zero-order chi connectivity index (χ0) is 18.1. The van der Waals surface area contributed by atoms with Gasteiger partial charge in [0.05, 0.1) is 33.2 Å². The van der Waals surface area contributed by atoms with Gasteiger partial charge in [0.15, 0.2) is 11.5 Å². The molecular formula is C18H21NO6. The minimum atomic E-state index is -0.929. The SMILES string of the molecule is COc1cc(NC(=O)[C@H]2[C@@H](C(=O)O)[C@H]3C=C[C@H]2C3)cc(OC)c1OC. The molecule has 2 N–H and O–H groups in total. The Hall–Kier alpha value is -2.70. The number of fused-ring (bicyclic) bond motifs is 2. The number of carboxylic acids is 1. The Balaban J connectivity index is 1.86. The summed E-state index contributed by atoms with van der Waals surface area (Å²) in [6.45, 7) is 0. The molecule has 3 rings (SSSR count). The van der Waals surface area contributed by atoms with Crippen molar-refractivity contribution in [3.8, 4) is 17.2 Å². The van der Waals surface area contributed by atoms with E-state index >= 15 is 0 Å². The molecule has 0 aliphatic heterocycles. The fourth-order valence-electron chi connectivity index (χ4n) is 3.90. The van der Waals surface area contributed by atoms with Crippen molar-refractivity contribution >= 4 is 17.6 Å². The smallest absolute Gasteiger partial charge is 0.307 e. The van der Waals surface area contributed by atoms with Gasteiger partial charge in [0.25, 0.3) is 0 Å². The zero-order valence-electron chi connectivity index (χ0n) is 14.3. The second-order valence-electron chi connectivity index (χ2n) is 6.24. The third kappa shape index (κ3) is 2.90. The molecule has 4 atom stereocenters. The molecule has 7 heteroatoms. The van der Waals surface area contributed by atoms with E-state index in [2.05, 4.69) is 5.32 Å². The van der Waals surface area contributed by atoms with Crippen LogP contribution < -0.4 is 19.5 Å². The summed E-state index contributed by atoms with van der Waals surface area (Å²) in [4.78, 5) is 24.3. The van der Waals surface area contributed by atoms with Gasteiger partial charge in [-0.25, -0.2) is 0 Å². The van der Waals surface area contributed by atoms with E-state index in [4.69, 9.17) is 14.2 Å². The van der Waals surface area contributed by atoms with Crippen LogP contribution in [0, 0.1) is 23.7 Å². The third-order valence-corrected chi connectivity index (χ3v) is 4.98. The van der Waals surface area contributed by atoms with Gasteiger partial charge >= 0.3 is 5.97 Å². The number of carbonyl (C=O) groups excluding carboxylic acids is 1. The first-order chi connectivity index (χ1) is 12.0. The molecule has 7 nitrogen and oxygen atoms in total. The Morgan fingerprint density at radius 3 is 2.04 bits per heavy atom. The van der Waals surface area contributed by atoms with E-state index in [1.807, 2.05) is 12.2 Å². The molecule has 1 saturated carbocycles. The molecule has 1 aromatic carbocycles. The Morgan fingerprint density at radius 1 is 1.00 bits per heavy atom. The molecule has 0 radical (unpaired) electrons. The van der Waals surface area contributed by atoms with Crippen LogP contribution in [0.2, 0.25) is 0 Å². The molecule has 2 aliphatic carbocycles. The summed E-state index contributed by atoms with van der Waals surface area (Å²) in [7, 11) is 4.48. The van der Waals surface area contributed by atoms with Crippen molar-refractivity contribution in [1.82, 2.24) is 0 Å². The van der Waals surface area contributed by atoms with Gasteiger partial charge in [0, 0.05) is 17.8 Å². The van der Waals surface area contributed by atoms with Crippen molar-refractivity contribution in [3.63, 3.8) is 0 Å². The minimum absolute atomic E-state index is 0.0341. The molecule has 0 aromatic heterocycles. The summed E-state index contributed by atoms with van der Waals surface area (Å²) >= 11 is 0. The average molecular weight is 347 g/mol. The first kappa shape index (κ1) is 17.1. The first-order valence-electron chi connectivity index (χ1n) is 8.02. The molecule has 0 spiro atoms. The lowest BCUT2D eigenvalue weighted by atomic mass is 9.82. The van der Waals surface area contributed by atoms with Crippen LogP contribution in [0.4, 0.5) is 5.69 Å². The molecule has 1 amide bonds.